The van der Waals surface area contributed by atoms with E-state index in [0.29, 0.717) is 61.4 Å². The zero-order valence-electron chi connectivity index (χ0n) is 18.4. The van der Waals surface area contributed by atoms with Gasteiger partial charge >= 0.3 is 11.9 Å². The van der Waals surface area contributed by atoms with Crippen molar-refractivity contribution in [2.75, 3.05) is 20.0 Å². The number of ether oxygens (including phenoxy) is 5. The van der Waals surface area contributed by atoms with Crippen LogP contribution in [0.4, 0.5) is 0 Å². The number of hydrogen-bond donors (Lipinski definition) is 2. The monoisotopic (exact) mass is 466 g/mol. The highest BCUT2D eigenvalue weighted by atomic mass is 16.7. The Morgan fingerprint density at radius 3 is 2.44 bits per heavy atom. The van der Waals surface area contributed by atoms with Crippen molar-refractivity contribution in [2.24, 2.45) is 0 Å². The van der Waals surface area contributed by atoms with Gasteiger partial charge in [0.1, 0.15) is 12.4 Å². The molecule has 0 bridgehead atoms. The number of aliphatic hydroxyl groups excluding tert-OH is 2. The Morgan fingerprint density at radius 1 is 0.971 bits per heavy atom. The standard InChI is InChI=1S/C25H22O9/c1-2-30-21(28)11-31-24-17-6-15(9-27)14(8-26)5-16(17)22(23-18(24)10-32-25(23)29)13-3-4-19-20(7-13)34-12-33-19/h3-7,26-27H,2,8-12H2,1H3. The summed E-state index contributed by atoms with van der Waals surface area (Å²) in [6, 6.07) is 8.76. The summed E-state index contributed by atoms with van der Waals surface area (Å²) in [7, 11) is 0. The summed E-state index contributed by atoms with van der Waals surface area (Å²) in [4.78, 5) is 24.9. The molecule has 0 unspecified atom stereocenters. The molecular weight excluding hydrogens is 444 g/mol. The van der Waals surface area contributed by atoms with Crippen molar-refractivity contribution in [3.8, 4) is 28.4 Å². The quantitative estimate of drug-likeness (QED) is 0.506. The van der Waals surface area contributed by atoms with Gasteiger partial charge in [-0.1, -0.05) is 6.07 Å². The highest BCUT2D eigenvalue weighted by Gasteiger charge is 2.33. The van der Waals surface area contributed by atoms with Gasteiger partial charge in [0.25, 0.3) is 0 Å². The third kappa shape index (κ3) is 3.59. The van der Waals surface area contributed by atoms with Gasteiger partial charge in [-0.05, 0) is 53.3 Å². The van der Waals surface area contributed by atoms with Crippen LogP contribution in [0, 0.1) is 0 Å². The van der Waals surface area contributed by atoms with E-state index in [9.17, 15) is 19.8 Å². The maximum Gasteiger partial charge on any atom is 0.344 e. The largest absolute Gasteiger partial charge is 0.481 e. The van der Waals surface area contributed by atoms with E-state index in [0.717, 1.165) is 0 Å². The molecule has 0 atom stereocenters. The van der Waals surface area contributed by atoms with E-state index >= 15 is 0 Å². The second-order valence-electron chi connectivity index (χ2n) is 7.78. The van der Waals surface area contributed by atoms with E-state index in [4.69, 9.17) is 23.7 Å². The van der Waals surface area contributed by atoms with Crippen molar-refractivity contribution in [1.82, 2.24) is 0 Å². The summed E-state index contributed by atoms with van der Waals surface area (Å²) >= 11 is 0. The Labute approximate surface area is 194 Å². The molecular formula is C25H22O9. The van der Waals surface area contributed by atoms with E-state index in [-0.39, 0.29) is 39.8 Å². The third-order valence-corrected chi connectivity index (χ3v) is 5.87. The molecule has 2 aliphatic heterocycles. The number of esters is 2. The maximum atomic E-state index is 12.9. The summed E-state index contributed by atoms with van der Waals surface area (Å²) in [6.07, 6.45) is 0. The van der Waals surface area contributed by atoms with Crippen LogP contribution in [0.2, 0.25) is 0 Å². The molecule has 3 aromatic rings. The first-order valence-corrected chi connectivity index (χ1v) is 10.8. The van der Waals surface area contributed by atoms with Crippen molar-refractivity contribution in [1.29, 1.82) is 0 Å². The molecule has 34 heavy (non-hydrogen) atoms. The first-order chi connectivity index (χ1) is 16.5. The van der Waals surface area contributed by atoms with Crippen LogP contribution in [0.5, 0.6) is 17.2 Å². The van der Waals surface area contributed by atoms with Crippen molar-refractivity contribution in [3.05, 3.63) is 52.6 Å². The van der Waals surface area contributed by atoms with Gasteiger partial charge < -0.3 is 33.9 Å². The number of rotatable bonds is 7. The lowest BCUT2D eigenvalue weighted by Crippen LogP contribution is -2.16. The Kier molecular flexibility index (Phi) is 5.72. The normalized spacial score (nSPS) is 13.7. The lowest BCUT2D eigenvalue weighted by Gasteiger charge is -2.19. The van der Waals surface area contributed by atoms with Crippen LogP contribution in [0.3, 0.4) is 0 Å². The SMILES string of the molecule is CCOC(=O)COc1c2c(c(-c3ccc4c(c3)OCO4)c3cc(CO)c(CO)cc13)C(=O)OC2. The minimum atomic E-state index is -0.552. The smallest absolute Gasteiger partial charge is 0.344 e. The predicted molar refractivity (Wildman–Crippen MR) is 119 cm³/mol. The molecule has 176 valence electrons. The van der Waals surface area contributed by atoms with Gasteiger partial charge in [-0.25, -0.2) is 9.59 Å². The van der Waals surface area contributed by atoms with Gasteiger partial charge in [0.05, 0.1) is 25.4 Å². The predicted octanol–water partition coefficient (Wildman–Crippen LogP) is 2.83. The number of aliphatic hydroxyl groups is 2. The fourth-order valence-corrected chi connectivity index (χ4v) is 4.36. The molecule has 0 aromatic heterocycles. The van der Waals surface area contributed by atoms with Crippen molar-refractivity contribution < 1.29 is 43.5 Å². The fraction of sp³-hybridized carbons (Fsp3) is 0.280. The van der Waals surface area contributed by atoms with Crippen LogP contribution in [0.1, 0.15) is 34.0 Å². The van der Waals surface area contributed by atoms with Gasteiger partial charge in [0.2, 0.25) is 6.79 Å². The molecule has 0 spiro atoms. The number of hydrogen-bond acceptors (Lipinski definition) is 9. The van der Waals surface area contributed by atoms with Crippen LogP contribution in [0.15, 0.2) is 30.3 Å². The zero-order valence-corrected chi connectivity index (χ0v) is 18.4. The van der Waals surface area contributed by atoms with Gasteiger partial charge in [-0.3, -0.25) is 0 Å². The first kappa shape index (κ1) is 22.0. The average Bonchev–Trinajstić information content (AvgIpc) is 3.47. The Balaban J connectivity index is 1.79. The van der Waals surface area contributed by atoms with Crippen LogP contribution in [-0.4, -0.2) is 42.2 Å². The molecule has 2 aliphatic rings. The molecule has 0 saturated heterocycles. The topological polar surface area (TPSA) is 121 Å². The molecule has 0 amide bonds. The highest BCUT2D eigenvalue weighted by molar-refractivity contribution is 6.13. The number of carbonyl (C=O) groups excluding carboxylic acids is 2. The summed E-state index contributed by atoms with van der Waals surface area (Å²) in [5.41, 5.74) is 3.06. The Bertz CT molecular complexity index is 1310. The van der Waals surface area contributed by atoms with Gasteiger partial charge in [0, 0.05) is 16.5 Å². The number of benzene rings is 3. The molecule has 9 nitrogen and oxygen atoms in total. The second-order valence-corrected chi connectivity index (χ2v) is 7.78. The molecule has 0 fully saturated rings. The van der Waals surface area contributed by atoms with E-state index in [1.807, 2.05) is 6.07 Å². The van der Waals surface area contributed by atoms with Crippen LogP contribution in [0.25, 0.3) is 21.9 Å². The van der Waals surface area contributed by atoms with Crippen LogP contribution < -0.4 is 14.2 Å². The molecule has 9 heteroatoms. The fourth-order valence-electron chi connectivity index (χ4n) is 4.36. The number of fused-ring (bicyclic) bond motifs is 3. The van der Waals surface area contributed by atoms with E-state index < -0.39 is 11.9 Å². The van der Waals surface area contributed by atoms with E-state index in [1.165, 1.54) is 0 Å². The highest BCUT2D eigenvalue weighted by Crippen LogP contribution is 2.47. The summed E-state index contributed by atoms with van der Waals surface area (Å²) in [6.45, 7) is 0.998. The molecule has 0 aliphatic carbocycles. The van der Waals surface area contributed by atoms with Crippen LogP contribution >= 0.6 is 0 Å². The van der Waals surface area contributed by atoms with Crippen molar-refractivity contribution in [3.63, 3.8) is 0 Å². The first-order valence-electron chi connectivity index (χ1n) is 10.8. The molecule has 0 radical (unpaired) electrons. The molecule has 3 aromatic carbocycles. The lowest BCUT2D eigenvalue weighted by molar-refractivity contribution is -0.145. The second kappa shape index (κ2) is 8.85. The third-order valence-electron chi connectivity index (χ3n) is 5.87. The van der Waals surface area contributed by atoms with Crippen molar-refractivity contribution >= 4 is 22.7 Å². The summed E-state index contributed by atoms with van der Waals surface area (Å²) in [5.74, 6) is 0.363. The van der Waals surface area contributed by atoms with Crippen molar-refractivity contribution in [2.45, 2.75) is 26.7 Å². The van der Waals surface area contributed by atoms with Gasteiger partial charge in [-0.15, -0.1) is 0 Å². The number of carbonyl (C=O) groups is 2. The van der Waals surface area contributed by atoms with Gasteiger partial charge in [0.15, 0.2) is 18.1 Å². The zero-order chi connectivity index (χ0) is 23.8. The minimum Gasteiger partial charge on any atom is -0.481 e. The van der Waals surface area contributed by atoms with Crippen LogP contribution in [-0.2, 0) is 34.1 Å². The Hall–Kier alpha value is -3.82. The summed E-state index contributed by atoms with van der Waals surface area (Å²) < 4.78 is 27.1. The van der Waals surface area contributed by atoms with Gasteiger partial charge in [-0.2, -0.15) is 0 Å². The maximum absolute atomic E-state index is 12.9. The van der Waals surface area contributed by atoms with E-state index in [1.54, 1.807) is 31.2 Å². The molecule has 0 saturated carbocycles. The molecule has 5 rings (SSSR count). The molecule has 2 N–H and O–H groups in total. The molecule has 2 heterocycles. The summed E-state index contributed by atoms with van der Waals surface area (Å²) in [5, 5.41) is 21.0. The minimum absolute atomic E-state index is 0.0317. The Morgan fingerprint density at radius 2 is 1.71 bits per heavy atom. The number of cyclic esters (lactones) is 1. The average molecular weight is 466 g/mol. The van der Waals surface area contributed by atoms with E-state index in [2.05, 4.69) is 0 Å². The lowest BCUT2D eigenvalue weighted by atomic mass is 9.87.